The Bertz CT molecular complexity index is 1240. The monoisotopic (exact) mass is 404 g/mol. The molecule has 0 radical (unpaired) electrons. The Kier molecular flexibility index (Phi) is 4.92. The third-order valence-corrected chi connectivity index (χ3v) is 5.76. The lowest BCUT2D eigenvalue weighted by molar-refractivity contribution is 0.220. The van der Waals surface area contributed by atoms with Crippen molar-refractivity contribution in [2.24, 2.45) is 0 Å². The number of methoxy groups -OCH3 is 1. The zero-order valence-electron chi connectivity index (χ0n) is 17.0. The first kappa shape index (κ1) is 18.7. The van der Waals surface area contributed by atoms with E-state index >= 15 is 0 Å². The summed E-state index contributed by atoms with van der Waals surface area (Å²) in [7, 11) is 1.63. The molecular weight excluding hydrogens is 380 g/mol. The Balaban J connectivity index is 1.47. The topological polar surface area (TPSA) is 77.6 Å². The van der Waals surface area contributed by atoms with E-state index in [2.05, 4.69) is 20.0 Å². The van der Waals surface area contributed by atoms with E-state index in [1.165, 1.54) is 19.3 Å². The highest BCUT2D eigenvalue weighted by Crippen LogP contribution is 2.21. The third-order valence-electron chi connectivity index (χ3n) is 5.76. The van der Waals surface area contributed by atoms with Crippen molar-refractivity contribution in [2.45, 2.75) is 25.8 Å². The average molecular weight is 404 g/mol. The van der Waals surface area contributed by atoms with Crippen LogP contribution < -0.4 is 10.3 Å². The van der Waals surface area contributed by atoms with Crippen molar-refractivity contribution in [1.82, 2.24) is 29.0 Å². The number of hydrogen-bond donors (Lipinski definition) is 0. The number of hydrogen-bond acceptors (Lipinski definition) is 6. The van der Waals surface area contributed by atoms with E-state index in [0.29, 0.717) is 29.0 Å². The number of aromatic nitrogens is 5. The molecule has 0 atom stereocenters. The molecular formula is C22H24N6O2. The summed E-state index contributed by atoms with van der Waals surface area (Å²) < 4.78 is 8.62. The maximum absolute atomic E-state index is 13.0. The number of rotatable bonds is 5. The van der Waals surface area contributed by atoms with Crippen LogP contribution in [-0.4, -0.2) is 55.8 Å². The van der Waals surface area contributed by atoms with Crippen LogP contribution >= 0.6 is 0 Å². The van der Waals surface area contributed by atoms with Gasteiger partial charge < -0.3 is 14.2 Å². The highest BCUT2D eigenvalue weighted by molar-refractivity contribution is 5.79. The predicted molar refractivity (Wildman–Crippen MR) is 115 cm³/mol. The third kappa shape index (κ3) is 3.43. The second kappa shape index (κ2) is 7.87. The fourth-order valence-corrected chi connectivity index (χ4v) is 4.03. The van der Waals surface area contributed by atoms with Gasteiger partial charge in [-0.15, -0.1) is 5.10 Å². The number of pyridine rings is 1. The Morgan fingerprint density at radius 2 is 1.83 bits per heavy atom. The van der Waals surface area contributed by atoms with E-state index in [1.54, 1.807) is 22.4 Å². The van der Waals surface area contributed by atoms with Crippen LogP contribution in [0.15, 0.2) is 47.5 Å². The summed E-state index contributed by atoms with van der Waals surface area (Å²) in [6.07, 6.45) is 7.26. The number of piperidine rings is 1. The van der Waals surface area contributed by atoms with Crippen molar-refractivity contribution in [3.63, 3.8) is 0 Å². The van der Waals surface area contributed by atoms with Crippen LogP contribution in [0.2, 0.25) is 0 Å². The lowest BCUT2D eigenvalue weighted by Crippen LogP contribution is -2.34. The zero-order valence-corrected chi connectivity index (χ0v) is 17.0. The molecule has 1 aromatic carbocycles. The van der Waals surface area contributed by atoms with Crippen LogP contribution in [0.25, 0.3) is 28.1 Å². The van der Waals surface area contributed by atoms with Crippen LogP contribution in [-0.2, 0) is 6.54 Å². The molecule has 1 aliphatic heterocycles. The summed E-state index contributed by atoms with van der Waals surface area (Å²) in [5.74, 6) is 1.81. The molecule has 0 unspecified atom stereocenters. The van der Waals surface area contributed by atoms with Crippen molar-refractivity contribution >= 4 is 16.7 Å². The van der Waals surface area contributed by atoms with Gasteiger partial charge in [0.15, 0.2) is 5.82 Å². The molecule has 0 N–H and O–H groups in total. The number of fused-ring (bicyclic) bond motifs is 3. The predicted octanol–water partition coefficient (Wildman–Crippen LogP) is 2.60. The second-order valence-corrected chi connectivity index (χ2v) is 7.65. The van der Waals surface area contributed by atoms with Gasteiger partial charge in [0.05, 0.1) is 18.0 Å². The van der Waals surface area contributed by atoms with Crippen LogP contribution in [0, 0.1) is 0 Å². The molecule has 0 aliphatic carbocycles. The molecule has 1 fully saturated rings. The molecule has 1 aliphatic rings. The SMILES string of the molecule is COc1ccc(-c2nc3ncc4c(=O)n(CCN5CCCCC5)ccc4n3n2)cc1. The minimum absolute atomic E-state index is 0.0413. The maximum Gasteiger partial charge on any atom is 0.261 e. The molecule has 1 saturated heterocycles. The number of nitrogens with zero attached hydrogens (tertiary/aromatic N) is 6. The summed E-state index contributed by atoms with van der Waals surface area (Å²) in [5.41, 5.74) is 1.54. The van der Waals surface area contributed by atoms with Crippen LogP contribution in [0.5, 0.6) is 5.75 Å². The maximum atomic E-state index is 13.0. The highest BCUT2D eigenvalue weighted by atomic mass is 16.5. The van der Waals surface area contributed by atoms with E-state index in [1.807, 2.05) is 36.5 Å². The minimum atomic E-state index is -0.0413. The van der Waals surface area contributed by atoms with Gasteiger partial charge >= 0.3 is 0 Å². The zero-order chi connectivity index (χ0) is 20.5. The van der Waals surface area contributed by atoms with Crippen LogP contribution in [0.4, 0.5) is 0 Å². The van der Waals surface area contributed by atoms with Gasteiger partial charge in [-0.3, -0.25) is 4.79 Å². The fourth-order valence-electron chi connectivity index (χ4n) is 4.03. The molecule has 30 heavy (non-hydrogen) atoms. The minimum Gasteiger partial charge on any atom is -0.497 e. The molecule has 4 aromatic rings. The van der Waals surface area contributed by atoms with Gasteiger partial charge in [0.25, 0.3) is 11.3 Å². The standard InChI is InChI=1S/C22H24N6O2/c1-30-17-7-5-16(6-8-17)20-24-22-23-15-18-19(28(22)25-20)9-12-27(21(18)29)14-13-26-10-3-2-4-11-26/h5-9,12,15H,2-4,10-11,13-14H2,1H3. The Labute approximate surface area is 173 Å². The summed E-state index contributed by atoms with van der Waals surface area (Å²) in [6, 6.07) is 9.47. The summed E-state index contributed by atoms with van der Waals surface area (Å²) in [5, 5.41) is 5.15. The van der Waals surface area contributed by atoms with Gasteiger partial charge in [0.1, 0.15) is 5.75 Å². The van der Waals surface area contributed by atoms with Gasteiger partial charge in [0, 0.05) is 31.0 Å². The molecule has 3 aromatic heterocycles. The molecule has 0 spiro atoms. The Morgan fingerprint density at radius 1 is 1.03 bits per heavy atom. The summed E-state index contributed by atoms with van der Waals surface area (Å²) >= 11 is 0. The van der Waals surface area contributed by atoms with E-state index in [0.717, 1.165) is 30.9 Å². The van der Waals surface area contributed by atoms with Gasteiger partial charge in [-0.25, -0.2) is 4.98 Å². The smallest absolute Gasteiger partial charge is 0.261 e. The lowest BCUT2D eigenvalue weighted by Gasteiger charge is -2.26. The first-order chi connectivity index (χ1) is 14.7. The van der Waals surface area contributed by atoms with Crippen molar-refractivity contribution in [1.29, 1.82) is 0 Å². The largest absolute Gasteiger partial charge is 0.497 e. The molecule has 0 saturated carbocycles. The molecule has 5 rings (SSSR count). The van der Waals surface area contributed by atoms with Crippen LogP contribution in [0.1, 0.15) is 19.3 Å². The van der Waals surface area contributed by atoms with Gasteiger partial charge in [-0.1, -0.05) is 6.42 Å². The van der Waals surface area contributed by atoms with Gasteiger partial charge in [-0.2, -0.15) is 9.50 Å². The number of likely N-dealkylation sites (tertiary alicyclic amines) is 1. The molecule has 0 bridgehead atoms. The lowest BCUT2D eigenvalue weighted by atomic mass is 10.1. The van der Waals surface area contributed by atoms with Crippen LogP contribution in [0.3, 0.4) is 0 Å². The fraction of sp³-hybridized carbons (Fsp3) is 0.364. The number of ether oxygens (including phenoxy) is 1. The first-order valence-corrected chi connectivity index (χ1v) is 10.3. The Hall–Kier alpha value is -3.26. The number of benzene rings is 1. The average Bonchev–Trinajstić information content (AvgIpc) is 3.24. The second-order valence-electron chi connectivity index (χ2n) is 7.65. The van der Waals surface area contributed by atoms with Gasteiger partial charge in [0.2, 0.25) is 0 Å². The van der Waals surface area contributed by atoms with Gasteiger partial charge in [-0.05, 0) is 56.3 Å². The highest BCUT2D eigenvalue weighted by Gasteiger charge is 2.14. The first-order valence-electron chi connectivity index (χ1n) is 10.3. The normalized spacial score (nSPS) is 15.1. The molecule has 8 heteroatoms. The molecule has 8 nitrogen and oxygen atoms in total. The van der Waals surface area contributed by atoms with E-state index < -0.39 is 0 Å². The quantitative estimate of drug-likeness (QED) is 0.509. The summed E-state index contributed by atoms with van der Waals surface area (Å²) in [4.78, 5) is 24.4. The van der Waals surface area contributed by atoms with Crippen molar-refractivity contribution in [2.75, 3.05) is 26.7 Å². The summed E-state index contributed by atoms with van der Waals surface area (Å²) in [6.45, 7) is 3.82. The molecule has 4 heterocycles. The Morgan fingerprint density at radius 3 is 2.60 bits per heavy atom. The van der Waals surface area contributed by atoms with E-state index in [4.69, 9.17) is 4.74 Å². The van der Waals surface area contributed by atoms with Crippen molar-refractivity contribution in [3.05, 3.63) is 53.1 Å². The van der Waals surface area contributed by atoms with Crippen molar-refractivity contribution < 1.29 is 4.74 Å². The molecule has 0 amide bonds. The molecule has 154 valence electrons. The van der Waals surface area contributed by atoms with E-state index in [9.17, 15) is 4.79 Å². The van der Waals surface area contributed by atoms with E-state index in [-0.39, 0.29) is 5.56 Å². The van der Waals surface area contributed by atoms with Crippen molar-refractivity contribution in [3.8, 4) is 17.1 Å².